The van der Waals surface area contributed by atoms with E-state index in [1.165, 1.54) is 44.9 Å². The van der Waals surface area contributed by atoms with Crippen LogP contribution in [0.15, 0.2) is 36.7 Å². The van der Waals surface area contributed by atoms with Crippen molar-refractivity contribution < 1.29 is 14.2 Å². The average molecular weight is 443 g/mol. The van der Waals surface area contributed by atoms with E-state index in [1.54, 1.807) is 12.4 Å². The number of nitrogens with zero attached hydrogens (tertiary/aromatic N) is 2. The zero-order valence-corrected chi connectivity index (χ0v) is 20.2. The standard InChI is InChI=1S/C27H42N2O3/c1-3-5-6-7-8-9-13-20-31-25-17-15-24(16-18-25)27-28-22-26(23-29-27)32-21-14-11-10-12-19-30-4-2/h15-18,22-23H,3-14,19-21H2,1-2H3. The molecule has 1 heterocycles. The number of benzene rings is 1. The van der Waals surface area contributed by atoms with Crippen molar-refractivity contribution in [2.75, 3.05) is 26.4 Å². The van der Waals surface area contributed by atoms with Crippen molar-refractivity contribution in [3.8, 4) is 22.9 Å². The minimum Gasteiger partial charge on any atom is -0.494 e. The van der Waals surface area contributed by atoms with E-state index in [0.717, 1.165) is 62.6 Å². The van der Waals surface area contributed by atoms with Gasteiger partial charge in [0, 0.05) is 18.8 Å². The molecule has 178 valence electrons. The fraction of sp³-hybridized carbons (Fsp3) is 0.630. The molecule has 2 rings (SSSR count). The Morgan fingerprint density at radius 2 is 1.12 bits per heavy atom. The number of rotatable bonds is 19. The van der Waals surface area contributed by atoms with Crippen LogP contribution in [-0.4, -0.2) is 36.4 Å². The summed E-state index contributed by atoms with van der Waals surface area (Å²) in [4.78, 5) is 8.90. The van der Waals surface area contributed by atoms with Gasteiger partial charge in [0.15, 0.2) is 11.6 Å². The Morgan fingerprint density at radius 1 is 0.594 bits per heavy atom. The highest BCUT2D eigenvalue weighted by Gasteiger charge is 2.03. The van der Waals surface area contributed by atoms with Gasteiger partial charge in [-0.2, -0.15) is 0 Å². The lowest BCUT2D eigenvalue weighted by Crippen LogP contribution is -2.00. The first-order valence-corrected chi connectivity index (χ1v) is 12.6. The molecule has 1 aromatic heterocycles. The zero-order valence-electron chi connectivity index (χ0n) is 20.2. The maximum atomic E-state index is 5.87. The Balaban J connectivity index is 1.61. The summed E-state index contributed by atoms with van der Waals surface area (Å²) in [5.74, 6) is 2.32. The van der Waals surface area contributed by atoms with Crippen LogP contribution >= 0.6 is 0 Å². The number of ether oxygens (including phenoxy) is 3. The summed E-state index contributed by atoms with van der Waals surface area (Å²) >= 11 is 0. The predicted octanol–water partition coefficient (Wildman–Crippen LogP) is 7.25. The van der Waals surface area contributed by atoms with E-state index in [2.05, 4.69) is 16.9 Å². The van der Waals surface area contributed by atoms with Gasteiger partial charge in [-0.25, -0.2) is 9.97 Å². The Hall–Kier alpha value is -2.14. The van der Waals surface area contributed by atoms with Gasteiger partial charge in [-0.1, -0.05) is 51.9 Å². The largest absolute Gasteiger partial charge is 0.494 e. The molecule has 32 heavy (non-hydrogen) atoms. The van der Waals surface area contributed by atoms with Gasteiger partial charge in [-0.15, -0.1) is 0 Å². The van der Waals surface area contributed by atoms with Gasteiger partial charge in [0.1, 0.15) is 5.75 Å². The van der Waals surface area contributed by atoms with Crippen LogP contribution in [0.2, 0.25) is 0 Å². The molecular formula is C27H42N2O3. The fourth-order valence-electron chi connectivity index (χ4n) is 3.48. The van der Waals surface area contributed by atoms with Crippen LogP contribution in [0.4, 0.5) is 0 Å². The van der Waals surface area contributed by atoms with Crippen molar-refractivity contribution in [2.24, 2.45) is 0 Å². The molecule has 0 unspecified atom stereocenters. The van der Waals surface area contributed by atoms with Gasteiger partial charge in [0.05, 0.1) is 25.6 Å². The third-order valence-electron chi connectivity index (χ3n) is 5.41. The van der Waals surface area contributed by atoms with Crippen molar-refractivity contribution in [3.63, 3.8) is 0 Å². The van der Waals surface area contributed by atoms with Crippen LogP contribution in [0.5, 0.6) is 11.5 Å². The summed E-state index contributed by atoms with van der Waals surface area (Å²) in [7, 11) is 0. The molecule has 5 heteroatoms. The first-order valence-electron chi connectivity index (χ1n) is 12.6. The molecule has 0 atom stereocenters. The molecule has 0 fully saturated rings. The first-order chi connectivity index (χ1) is 15.8. The SMILES string of the molecule is CCCCCCCCCOc1ccc(-c2ncc(OCCCCCCOCC)cn2)cc1. The maximum absolute atomic E-state index is 5.87. The lowest BCUT2D eigenvalue weighted by atomic mass is 10.1. The number of hydrogen-bond acceptors (Lipinski definition) is 5. The molecule has 0 aliphatic carbocycles. The minimum absolute atomic E-state index is 0.697. The minimum atomic E-state index is 0.697. The fourth-order valence-corrected chi connectivity index (χ4v) is 3.48. The van der Waals surface area contributed by atoms with Crippen molar-refractivity contribution in [1.82, 2.24) is 9.97 Å². The van der Waals surface area contributed by atoms with Gasteiger partial charge in [-0.3, -0.25) is 0 Å². The normalized spacial score (nSPS) is 10.9. The van der Waals surface area contributed by atoms with Gasteiger partial charge < -0.3 is 14.2 Å². The van der Waals surface area contributed by atoms with Crippen LogP contribution in [0.1, 0.15) is 84.5 Å². The van der Waals surface area contributed by atoms with Gasteiger partial charge in [-0.05, 0) is 56.9 Å². The zero-order chi connectivity index (χ0) is 22.7. The molecule has 0 amide bonds. The second-order valence-corrected chi connectivity index (χ2v) is 8.20. The Labute approximate surface area is 194 Å². The van der Waals surface area contributed by atoms with E-state index >= 15 is 0 Å². The number of aromatic nitrogens is 2. The summed E-state index contributed by atoms with van der Waals surface area (Å²) in [6.45, 7) is 7.42. The number of unbranched alkanes of at least 4 members (excludes halogenated alkanes) is 9. The molecule has 0 bridgehead atoms. The molecule has 0 saturated carbocycles. The van der Waals surface area contributed by atoms with Gasteiger partial charge in [0.25, 0.3) is 0 Å². The van der Waals surface area contributed by atoms with Crippen molar-refractivity contribution >= 4 is 0 Å². The Kier molecular flexibility index (Phi) is 14.2. The van der Waals surface area contributed by atoms with Gasteiger partial charge in [0.2, 0.25) is 0 Å². The molecule has 0 N–H and O–H groups in total. The number of hydrogen-bond donors (Lipinski definition) is 0. The molecular weight excluding hydrogens is 400 g/mol. The second kappa shape index (κ2) is 17.4. The molecule has 0 aliphatic rings. The van der Waals surface area contributed by atoms with Crippen molar-refractivity contribution in [2.45, 2.75) is 84.5 Å². The second-order valence-electron chi connectivity index (χ2n) is 8.20. The van der Waals surface area contributed by atoms with Crippen LogP contribution in [0, 0.1) is 0 Å². The Bertz CT molecular complexity index is 628. The molecule has 0 saturated heterocycles. The molecule has 0 aliphatic heterocycles. The summed E-state index contributed by atoms with van der Waals surface area (Å²) < 4.78 is 17.0. The predicted molar refractivity (Wildman–Crippen MR) is 131 cm³/mol. The molecule has 0 spiro atoms. The highest BCUT2D eigenvalue weighted by Crippen LogP contribution is 2.21. The monoisotopic (exact) mass is 442 g/mol. The molecule has 0 radical (unpaired) electrons. The molecule has 1 aromatic carbocycles. The van der Waals surface area contributed by atoms with E-state index in [-0.39, 0.29) is 0 Å². The average Bonchev–Trinajstić information content (AvgIpc) is 2.83. The summed E-state index contributed by atoms with van der Waals surface area (Å²) in [6, 6.07) is 8.02. The van der Waals surface area contributed by atoms with E-state index in [9.17, 15) is 0 Å². The summed E-state index contributed by atoms with van der Waals surface area (Å²) in [5, 5.41) is 0. The van der Waals surface area contributed by atoms with Gasteiger partial charge >= 0.3 is 0 Å². The van der Waals surface area contributed by atoms with Crippen LogP contribution in [0.25, 0.3) is 11.4 Å². The van der Waals surface area contributed by atoms with E-state index in [1.807, 2.05) is 31.2 Å². The molecule has 2 aromatic rings. The lowest BCUT2D eigenvalue weighted by Gasteiger charge is -2.08. The highest BCUT2D eigenvalue weighted by molar-refractivity contribution is 5.56. The Morgan fingerprint density at radius 3 is 1.72 bits per heavy atom. The quantitative estimate of drug-likeness (QED) is 0.214. The highest BCUT2D eigenvalue weighted by atomic mass is 16.5. The topological polar surface area (TPSA) is 53.5 Å². The molecule has 5 nitrogen and oxygen atoms in total. The van der Waals surface area contributed by atoms with Crippen molar-refractivity contribution in [1.29, 1.82) is 0 Å². The van der Waals surface area contributed by atoms with E-state index < -0.39 is 0 Å². The van der Waals surface area contributed by atoms with Crippen LogP contribution in [0.3, 0.4) is 0 Å². The summed E-state index contributed by atoms with van der Waals surface area (Å²) in [5.41, 5.74) is 0.981. The lowest BCUT2D eigenvalue weighted by molar-refractivity contribution is 0.142. The summed E-state index contributed by atoms with van der Waals surface area (Å²) in [6.07, 6.45) is 17.0. The van der Waals surface area contributed by atoms with E-state index in [4.69, 9.17) is 14.2 Å². The third kappa shape index (κ3) is 11.5. The maximum Gasteiger partial charge on any atom is 0.159 e. The van der Waals surface area contributed by atoms with Crippen molar-refractivity contribution in [3.05, 3.63) is 36.7 Å². The first kappa shape index (κ1) is 26.1. The van der Waals surface area contributed by atoms with Crippen LogP contribution < -0.4 is 9.47 Å². The third-order valence-corrected chi connectivity index (χ3v) is 5.41. The van der Waals surface area contributed by atoms with Crippen LogP contribution in [-0.2, 0) is 4.74 Å². The smallest absolute Gasteiger partial charge is 0.159 e. The van der Waals surface area contributed by atoms with E-state index in [0.29, 0.717) is 12.4 Å².